The van der Waals surface area contributed by atoms with Gasteiger partial charge in [-0.25, -0.2) is 4.39 Å². The van der Waals surface area contributed by atoms with Gasteiger partial charge in [-0.05, 0) is 30.2 Å². The molecule has 0 fully saturated rings. The molecule has 0 spiro atoms. The Morgan fingerprint density at radius 3 is 1.94 bits per heavy atom. The zero-order chi connectivity index (χ0) is 24.4. The fraction of sp³-hybridized carbons (Fsp3) is 0.538. The van der Waals surface area contributed by atoms with Gasteiger partial charge in [0.05, 0.1) is 6.61 Å². The molecule has 2 rings (SSSR count). The molecule has 0 saturated heterocycles. The van der Waals surface area contributed by atoms with Gasteiger partial charge in [0.25, 0.3) is 0 Å². The van der Waals surface area contributed by atoms with Gasteiger partial charge >= 0.3 is 20.4 Å². The average molecular weight is 481 g/mol. The third kappa shape index (κ3) is 9.07. The van der Waals surface area contributed by atoms with Crippen LogP contribution in [-0.4, -0.2) is 33.3 Å². The summed E-state index contributed by atoms with van der Waals surface area (Å²) in [6.07, 6.45) is -3.38. The Labute approximate surface area is 201 Å². The molecule has 2 unspecified atom stereocenters. The van der Waals surface area contributed by atoms with Crippen LogP contribution in [-0.2, 0) is 19.9 Å². The van der Waals surface area contributed by atoms with E-state index in [0.29, 0.717) is 11.8 Å². The number of rotatable bonds is 14. The molecule has 0 aliphatic carbocycles. The van der Waals surface area contributed by atoms with Crippen LogP contribution in [0.25, 0.3) is 0 Å². The van der Waals surface area contributed by atoms with E-state index in [1.165, 1.54) is 12.1 Å². The summed E-state index contributed by atoms with van der Waals surface area (Å²) in [6, 6.07) is 14.1. The lowest BCUT2D eigenvalue weighted by Gasteiger charge is -2.35. The maximum atomic E-state index is 16.0. The molecular formula is C26H36AlF3O3. The monoisotopic (exact) mass is 480 g/mol. The molecule has 0 aliphatic rings. The van der Waals surface area contributed by atoms with Gasteiger partial charge in [-0.1, -0.05) is 92.6 Å². The molecule has 0 radical (unpaired) electrons. The minimum Gasteiger partial charge on any atom is -0.473 e. The lowest BCUT2D eigenvalue weighted by atomic mass is 10.0. The standard InChI is InChI=1S/C18H18F3O3.2C4H9.Al/c1-2-23-17(22)18(20,21)16(14-8-10-15(19)11-9-14)24-12-13-6-4-3-5-7-13;2*1-4(2)3;/h3-11,16-17H,2,12H2,1H3;2*4H,1H2,2-3H3;/q-1;;;+1. The number of ether oxygens (including phenoxy) is 2. The van der Waals surface area contributed by atoms with Gasteiger partial charge in [0, 0.05) is 6.61 Å². The molecular weight excluding hydrogens is 444 g/mol. The maximum Gasteiger partial charge on any atom is 0.463 e. The predicted octanol–water partition coefficient (Wildman–Crippen LogP) is 7.40. The fourth-order valence-corrected chi connectivity index (χ4v) is 6.90. The second kappa shape index (κ2) is 13.5. The lowest BCUT2D eigenvalue weighted by Crippen LogP contribution is -2.47. The van der Waals surface area contributed by atoms with E-state index in [1.54, 1.807) is 6.92 Å². The molecule has 33 heavy (non-hydrogen) atoms. The number of halogens is 3. The molecule has 2 atom stereocenters. The number of hydrogen-bond donors (Lipinski definition) is 0. The van der Waals surface area contributed by atoms with Crippen molar-refractivity contribution in [1.29, 1.82) is 0 Å². The number of alkyl halides is 2. The summed E-state index contributed by atoms with van der Waals surface area (Å²) < 4.78 is 62.9. The molecule has 182 valence electrons. The molecule has 0 saturated carbocycles. The van der Waals surface area contributed by atoms with E-state index in [0.717, 1.165) is 28.3 Å². The Bertz CT molecular complexity index is 790. The Morgan fingerprint density at radius 1 is 0.848 bits per heavy atom. The first kappa shape index (κ1) is 27.9. The van der Waals surface area contributed by atoms with Crippen LogP contribution in [0, 0.1) is 17.7 Å². The van der Waals surface area contributed by atoms with Crippen molar-refractivity contribution in [3.8, 4) is 0 Å². The summed E-state index contributed by atoms with van der Waals surface area (Å²) in [5, 5.41) is 1.56. The Hall–Kier alpha value is -1.36. The second-order valence-electron chi connectivity index (χ2n) is 9.21. The molecule has 0 aromatic heterocycles. The third-order valence-corrected chi connectivity index (χ3v) is 8.77. The molecule has 0 bridgehead atoms. The van der Waals surface area contributed by atoms with Crippen LogP contribution >= 0.6 is 0 Å². The molecule has 0 N–H and O–H groups in total. The van der Waals surface area contributed by atoms with E-state index < -0.39 is 38.6 Å². The van der Waals surface area contributed by atoms with Gasteiger partial charge in [-0.3, -0.25) is 0 Å². The van der Waals surface area contributed by atoms with E-state index in [9.17, 15) is 4.39 Å². The molecule has 2 aromatic carbocycles. The molecule has 2 aromatic rings. The van der Waals surface area contributed by atoms with Gasteiger partial charge in [0.15, 0.2) is 12.4 Å². The van der Waals surface area contributed by atoms with Crippen LogP contribution in [0.5, 0.6) is 0 Å². The summed E-state index contributed by atoms with van der Waals surface area (Å²) in [6.45, 7) is 10.0. The first-order valence-electron chi connectivity index (χ1n) is 11.7. The van der Waals surface area contributed by atoms with Crippen LogP contribution in [0.4, 0.5) is 13.2 Å². The second-order valence-corrected chi connectivity index (χ2v) is 11.7. The number of benzene rings is 2. The van der Waals surface area contributed by atoms with Crippen molar-refractivity contribution in [3.63, 3.8) is 0 Å². The van der Waals surface area contributed by atoms with Crippen molar-refractivity contribution in [2.75, 3.05) is 6.61 Å². The molecule has 0 heterocycles. The zero-order valence-electron chi connectivity index (χ0n) is 20.3. The Kier molecular flexibility index (Phi) is 11.4. The van der Waals surface area contributed by atoms with Gasteiger partial charge < -0.3 is 13.3 Å². The minimum atomic E-state index is -3.48. The lowest BCUT2D eigenvalue weighted by molar-refractivity contribution is -0.270. The van der Waals surface area contributed by atoms with E-state index in [-0.39, 0.29) is 18.8 Å². The quantitative estimate of drug-likeness (QED) is 0.208. The van der Waals surface area contributed by atoms with Crippen LogP contribution < -0.4 is 0 Å². The van der Waals surface area contributed by atoms with Gasteiger partial charge in [0.2, 0.25) is 0 Å². The van der Waals surface area contributed by atoms with Crippen LogP contribution in [0.15, 0.2) is 54.6 Å². The summed E-state index contributed by atoms with van der Waals surface area (Å²) in [4.78, 5) is 0. The van der Waals surface area contributed by atoms with E-state index >= 15 is 8.78 Å². The first-order valence-corrected chi connectivity index (χ1v) is 13.8. The highest BCUT2D eigenvalue weighted by atomic mass is 27.2. The van der Waals surface area contributed by atoms with E-state index in [4.69, 9.17) is 13.3 Å². The van der Waals surface area contributed by atoms with Crippen LogP contribution in [0.1, 0.15) is 51.8 Å². The zero-order valence-corrected chi connectivity index (χ0v) is 21.4. The highest BCUT2D eigenvalue weighted by molar-refractivity contribution is 6.52. The molecule has 0 aliphatic heterocycles. The fourth-order valence-electron chi connectivity index (χ4n) is 3.77. The highest BCUT2D eigenvalue weighted by Gasteiger charge is 2.51. The minimum absolute atomic E-state index is 0.0177. The summed E-state index contributed by atoms with van der Waals surface area (Å²) in [5.41, 5.74) is 0.942. The van der Waals surface area contributed by atoms with Gasteiger partial charge in [-0.15, -0.1) is 0 Å². The van der Waals surface area contributed by atoms with Crippen molar-refractivity contribution in [1.82, 2.24) is 0 Å². The van der Waals surface area contributed by atoms with Crippen LogP contribution in [0.2, 0.25) is 10.6 Å². The Balaban J connectivity index is 2.34. The number of hydrogen-bond acceptors (Lipinski definition) is 3. The van der Waals surface area contributed by atoms with Crippen molar-refractivity contribution < 1.29 is 26.4 Å². The average Bonchev–Trinajstić information content (AvgIpc) is 2.74. The topological polar surface area (TPSA) is 27.7 Å². The van der Waals surface area contributed by atoms with Gasteiger partial charge in [0.1, 0.15) is 5.82 Å². The van der Waals surface area contributed by atoms with Crippen LogP contribution in [0.3, 0.4) is 0 Å². The van der Waals surface area contributed by atoms with Crippen molar-refractivity contribution in [3.05, 3.63) is 71.5 Å². The molecule has 0 amide bonds. The summed E-state index contributed by atoms with van der Waals surface area (Å²) in [5.74, 6) is -3.29. The predicted molar refractivity (Wildman–Crippen MR) is 127 cm³/mol. The summed E-state index contributed by atoms with van der Waals surface area (Å²) >= 11 is -1.98. The maximum absolute atomic E-state index is 16.0. The summed E-state index contributed by atoms with van der Waals surface area (Å²) in [7, 11) is 0. The first-order chi connectivity index (χ1) is 15.6. The highest BCUT2D eigenvalue weighted by Crippen LogP contribution is 2.40. The smallest absolute Gasteiger partial charge is 0.463 e. The van der Waals surface area contributed by atoms with E-state index in [2.05, 4.69) is 27.7 Å². The third-order valence-electron chi connectivity index (χ3n) is 5.20. The van der Waals surface area contributed by atoms with Gasteiger partial charge in [-0.2, -0.15) is 8.78 Å². The largest absolute Gasteiger partial charge is 0.473 e. The van der Waals surface area contributed by atoms with E-state index in [1.807, 2.05) is 30.3 Å². The normalized spacial score (nSPS) is 14.0. The van der Waals surface area contributed by atoms with Crippen molar-refractivity contribution >= 4 is 14.5 Å². The Morgan fingerprint density at radius 2 is 1.42 bits per heavy atom. The molecule has 3 nitrogen and oxygen atoms in total. The molecule has 7 heteroatoms. The van der Waals surface area contributed by atoms with Crippen molar-refractivity contribution in [2.45, 2.75) is 70.1 Å². The SMILES string of the molecule is CCOC([O][Al]([CH2]C(C)C)[CH2]C(C)C)C(F)(F)C(OCc1ccccc1)c1ccc(F)cc1. The van der Waals surface area contributed by atoms with Crippen molar-refractivity contribution in [2.24, 2.45) is 11.8 Å².